The number of aromatic nitrogens is 2. The zero-order chi connectivity index (χ0) is 17.8. The van der Waals surface area contributed by atoms with Gasteiger partial charge in [-0.3, -0.25) is 0 Å². The van der Waals surface area contributed by atoms with Crippen LogP contribution in [-0.2, 0) is 19.5 Å². The van der Waals surface area contributed by atoms with Crippen molar-refractivity contribution in [2.45, 2.75) is 40.3 Å². The molecule has 0 radical (unpaired) electrons. The summed E-state index contributed by atoms with van der Waals surface area (Å²) in [6, 6.07) is 18.3. The predicted octanol–water partition coefficient (Wildman–Crippen LogP) is 5.27. The monoisotopic (exact) mass is 341 g/mol. The topological polar surface area (TPSA) is 8.81 Å². The summed E-state index contributed by atoms with van der Waals surface area (Å²) >= 11 is 0. The standard InChI is InChI=1S/C24H25N2/c1-16(2)15-26-22-7-5-4-6-19(22)21-13-18-9-11-25-10-8-17(3)12-23(25)20(18)14-24(21)26/h4-8,10,12-14,16H,9,11,15H2,1-3H3/q+1. The minimum absolute atomic E-state index is 0.619. The number of fused-ring (bicyclic) bond motifs is 6. The molecular weight excluding hydrogens is 316 g/mol. The van der Waals surface area contributed by atoms with Gasteiger partial charge in [-0.25, -0.2) is 0 Å². The van der Waals surface area contributed by atoms with Crippen molar-refractivity contribution >= 4 is 21.8 Å². The molecule has 2 aromatic carbocycles. The van der Waals surface area contributed by atoms with Crippen molar-refractivity contribution in [2.75, 3.05) is 0 Å². The Labute approximate surface area is 154 Å². The van der Waals surface area contributed by atoms with Crippen LogP contribution in [0.3, 0.4) is 0 Å². The first-order valence-corrected chi connectivity index (χ1v) is 9.66. The molecule has 0 amide bonds. The van der Waals surface area contributed by atoms with Crippen molar-refractivity contribution in [1.82, 2.24) is 4.57 Å². The van der Waals surface area contributed by atoms with E-state index < -0.39 is 0 Å². The minimum Gasteiger partial charge on any atom is -0.340 e. The van der Waals surface area contributed by atoms with Gasteiger partial charge in [-0.1, -0.05) is 32.0 Å². The van der Waals surface area contributed by atoms with E-state index in [4.69, 9.17) is 0 Å². The molecular formula is C24H25N2+. The number of pyridine rings is 1. The fourth-order valence-corrected chi connectivity index (χ4v) is 4.45. The zero-order valence-electron chi connectivity index (χ0n) is 15.8. The Bertz CT molecular complexity index is 1150. The van der Waals surface area contributed by atoms with E-state index in [0.29, 0.717) is 5.92 Å². The van der Waals surface area contributed by atoms with Crippen LogP contribution in [0.4, 0.5) is 0 Å². The van der Waals surface area contributed by atoms with Gasteiger partial charge in [0.25, 0.3) is 0 Å². The summed E-state index contributed by atoms with van der Waals surface area (Å²) in [6.07, 6.45) is 3.34. The molecule has 0 unspecified atom stereocenters. The first-order chi connectivity index (χ1) is 12.6. The molecule has 0 saturated heterocycles. The molecule has 0 aliphatic carbocycles. The number of aryl methyl sites for hydroxylation is 3. The molecule has 26 heavy (non-hydrogen) atoms. The van der Waals surface area contributed by atoms with E-state index in [0.717, 1.165) is 19.5 Å². The van der Waals surface area contributed by atoms with Gasteiger partial charge in [-0.2, -0.15) is 4.57 Å². The maximum absolute atomic E-state index is 2.52. The molecule has 0 N–H and O–H groups in total. The van der Waals surface area contributed by atoms with Crippen LogP contribution in [0.5, 0.6) is 0 Å². The van der Waals surface area contributed by atoms with E-state index in [1.54, 1.807) is 0 Å². The maximum Gasteiger partial charge on any atom is 0.213 e. The van der Waals surface area contributed by atoms with E-state index in [9.17, 15) is 0 Å². The molecule has 0 fully saturated rings. The molecule has 2 aromatic heterocycles. The largest absolute Gasteiger partial charge is 0.340 e. The summed E-state index contributed by atoms with van der Waals surface area (Å²) < 4.78 is 4.92. The van der Waals surface area contributed by atoms with Gasteiger partial charge in [0.1, 0.15) is 0 Å². The molecule has 1 aliphatic heterocycles. The number of rotatable bonds is 2. The number of hydrogen-bond acceptors (Lipinski definition) is 0. The third kappa shape index (κ3) is 2.28. The second-order valence-corrected chi connectivity index (χ2v) is 8.08. The van der Waals surface area contributed by atoms with E-state index in [-0.39, 0.29) is 0 Å². The molecule has 0 saturated carbocycles. The van der Waals surface area contributed by atoms with E-state index in [1.807, 2.05) is 0 Å². The Morgan fingerprint density at radius 1 is 1.00 bits per heavy atom. The van der Waals surface area contributed by atoms with E-state index >= 15 is 0 Å². The lowest BCUT2D eigenvalue weighted by Gasteiger charge is -2.16. The van der Waals surface area contributed by atoms with Crippen molar-refractivity contribution in [2.24, 2.45) is 5.92 Å². The predicted molar refractivity (Wildman–Crippen MR) is 108 cm³/mol. The average molecular weight is 341 g/mol. The second-order valence-electron chi connectivity index (χ2n) is 8.08. The third-order valence-corrected chi connectivity index (χ3v) is 5.63. The molecule has 3 heterocycles. The van der Waals surface area contributed by atoms with Crippen molar-refractivity contribution < 1.29 is 4.57 Å². The van der Waals surface area contributed by atoms with Gasteiger partial charge in [-0.15, -0.1) is 0 Å². The van der Waals surface area contributed by atoms with Crippen LogP contribution in [-0.4, -0.2) is 4.57 Å². The SMILES string of the molecule is Cc1cc[n+]2c(c1)-c1cc3c(cc1CC2)c1ccccc1n3CC(C)C. The van der Waals surface area contributed by atoms with Gasteiger partial charge < -0.3 is 4.57 Å². The Hall–Kier alpha value is -2.61. The average Bonchev–Trinajstić information content (AvgIpc) is 2.93. The normalized spacial score (nSPS) is 13.4. The number of benzene rings is 2. The molecule has 5 rings (SSSR count). The highest BCUT2D eigenvalue weighted by molar-refractivity contribution is 6.09. The highest BCUT2D eigenvalue weighted by Gasteiger charge is 2.25. The summed E-state index contributed by atoms with van der Waals surface area (Å²) in [5.74, 6) is 0.619. The fraction of sp³-hybridized carbons (Fsp3) is 0.292. The summed E-state index contributed by atoms with van der Waals surface area (Å²) in [5, 5.41) is 2.79. The maximum atomic E-state index is 2.52. The van der Waals surface area contributed by atoms with Crippen molar-refractivity contribution in [3.63, 3.8) is 0 Å². The van der Waals surface area contributed by atoms with E-state index in [1.165, 1.54) is 44.2 Å². The molecule has 4 aromatic rings. The molecule has 1 aliphatic rings. The Morgan fingerprint density at radius 3 is 2.69 bits per heavy atom. The number of nitrogens with zero attached hydrogens (tertiary/aromatic N) is 2. The van der Waals surface area contributed by atoms with Gasteiger partial charge in [0.15, 0.2) is 12.7 Å². The first-order valence-electron chi connectivity index (χ1n) is 9.66. The summed E-state index contributed by atoms with van der Waals surface area (Å²) in [7, 11) is 0. The summed E-state index contributed by atoms with van der Waals surface area (Å²) in [6.45, 7) is 8.90. The van der Waals surface area contributed by atoms with Gasteiger partial charge >= 0.3 is 0 Å². The van der Waals surface area contributed by atoms with Crippen LogP contribution in [0.2, 0.25) is 0 Å². The molecule has 2 heteroatoms. The number of para-hydroxylation sites is 1. The lowest BCUT2D eigenvalue weighted by molar-refractivity contribution is -0.687. The first kappa shape index (κ1) is 15.6. The number of hydrogen-bond donors (Lipinski definition) is 0. The van der Waals surface area contributed by atoms with Crippen molar-refractivity contribution in [1.29, 1.82) is 0 Å². The summed E-state index contributed by atoms with van der Waals surface area (Å²) in [4.78, 5) is 0. The fourth-order valence-electron chi connectivity index (χ4n) is 4.45. The van der Waals surface area contributed by atoms with Crippen LogP contribution in [0.1, 0.15) is 25.0 Å². The minimum atomic E-state index is 0.619. The van der Waals surface area contributed by atoms with Crippen LogP contribution < -0.4 is 4.57 Å². The summed E-state index contributed by atoms with van der Waals surface area (Å²) in [5.41, 5.74) is 8.29. The van der Waals surface area contributed by atoms with Crippen LogP contribution in [0.25, 0.3) is 33.1 Å². The molecule has 2 nitrogen and oxygen atoms in total. The van der Waals surface area contributed by atoms with Gasteiger partial charge in [0, 0.05) is 46.9 Å². The molecule has 0 spiro atoms. The molecule has 0 bridgehead atoms. The zero-order valence-corrected chi connectivity index (χ0v) is 15.8. The van der Waals surface area contributed by atoms with Crippen molar-refractivity contribution in [3.05, 3.63) is 65.9 Å². The van der Waals surface area contributed by atoms with E-state index in [2.05, 4.69) is 84.6 Å². The Kier molecular flexibility index (Phi) is 3.43. The van der Waals surface area contributed by atoms with Crippen LogP contribution in [0.15, 0.2) is 54.7 Å². The van der Waals surface area contributed by atoms with Crippen molar-refractivity contribution in [3.8, 4) is 11.3 Å². The highest BCUT2D eigenvalue weighted by atomic mass is 15.0. The smallest absolute Gasteiger partial charge is 0.213 e. The quantitative estimate of drug-likeness (QED) is 0.439. The van der Waals surface area contributed by atoms with Gasteiger partial charge in [0.05, 0.1) is 5.56 Å². The molecule has 0 atom stereocenters. The highest BCUT2D eigenvalue weighted by Crippen LogP contribution is 2.36. The second kappa shape index (κ2) is 5.70. The lowest BCUT2D eigenvalue weighted by atomic mass is 9.94. The van der Waals surface area contributed by atoms with Crippen LogP contribution >= 0.6 is 0 Å². The Morgan fingerprint density at radius 2 is 1.85 bits per heavy atom. The lowest BCUT2D eigenvalue weighted by Crippen LogP contribution is -2.39. The van der Waals surface area contributed by atoms with Gasteiger partial charge in [0.2, 0.25) is 5.69 Å². The van der Waals surface area contributed by atoms with Gasteiger partial charge in [-0.05, 0) is 42.2 Å². The van der Waals surface area contributed by atoms with Crippen LogP contribution in [0, 0.1) is 12.8 Å². The third-order valence-electron chi connectivity index (χ3n) is 5.63. The Balaban J connectivity index is 1.86. The molecule has 130 valence electrons.